The van der Waals surface area contributed by atoms with Crippen molar-refractivity contribution in [2.45, 2.75) is 72.2 Å². The van der Waals surface area contributed by atoms with Crippen LogP contribution < -0.4 is 10.6 Å². The van der Waals surface area contributed by atoms with E-state index in [4.69, 9.17) is 4.74 Å². The van der Waals surface area contributed by atoms with Crippen LogP contribution in [-0.2, 0) is 20.9 Å². The average Bonchev–Trinajstić information content (AvgIpc) is 2.80. The van der Waals surface area contributed by atoms with Crippen molar-refractivity contribution < 1.29 is 24.2 Å². The Labute approximate surface area is 214 Å². The number of nitrogens with zero attached hydrogens (tertiary/aromatic N) is 1. The van der Waals surface area contributed by atoms with Crippen molar-refractivity contribution in [3.05, 3.63) is 65.7 Å². The number of benzene rings is 2. The highest BCUT2D eigenvalue weighted by Crippen LogP contribution is 2.25. The number of amides is 3. The Kier molecular flexibility index (Phi) is 10.3. The molecule has 0 fully saturated rings. The van der Waals surface area contributed by atoms with Crippen molar-refractivity contribution in [3.8, 4) is 5.75 Å². The monoisotopic (exact) mass is 497 g/mol. The molecule has 2 unspecified atom stereocenters. The van der Waals surface area contributed by atoms with Crippen LogP contribution in [-0.4, -0.2) is 46.1 Å². The van der Waals surface area contributed by atoms with Crippen molar-refractivity contribution in [2.75, 3.05) is 6.54 Å². The Hall–Kier alpha value is -3.55. The van der Waals surface area contributed by atoms with Crippen LogP contribution in [0.2, 0.25) is 0 Å². The maximum Gasteiger partial charge on any atom is 0.408 e. The van der Waals surface area contributed by atoms with E-state index in [-0.39, 0.29) is 30.0 Å². The van der Waals surface area contributed by atoms with E-state index in [2.05, 4.69) is 10.6 Å². The molecule has 196 valence electrons. The first kappa shape index (κ1) is 28.7. The minimum atomic E-state index is -0.957. The number of likely N-dealkylation sites (N-methyl/N-ethyl adjacent to an activating group) is 1. The molecule has 0 saturated heterocycles. The summed E-state index contributed by atoms with van der Waals surface area (Å²) in [5.74, 6) is -0.585. The molecule has 0 spiro atoms. The third kappa shape index (κ3) is 8.91. The first-order chi connectivity index (χ1) is 16.9. The molecule has 8 heteroatoms. The van der Waals surface area contributed by atoms with Gasteiger partial charge in [0.1, 0.15) is 23.4 Å². The van der Waals surface area contributed by atoms with E-state index in [0.717, 1.165) is 5.56 Å². The smallest absolute Gasteiger partial charge is 0.408 e. The fourth-order valence-electron chi connectivity index (χ4n) is 3.82. The molecule has 2 atom stereocenters. The standard InChI is InChI=1S/C28H39N3O5/c1-7-31(26(34)23(17-19(2)3)30-27(35)36-28(4,5)6)24(21-13-15-22(32)16-14-21)25(33)29-18-20-11-9-8-10-12-20/h8-16,19,23-24,32H,7,17-18H2,1-6H3,(H,29,33)(H,30,35). The molecule has 0 bridgehead atoms. The Balaban J connectivity index is 2.36. The summed E-state index contributed by atoms with van der Waals surface area (Å²) in [6, 6.07) is 13.9. The number of hydrogen-bond donors (Lipinski definition) is 3. The molecular formula is C28H39N3O5. The van der Waals surface area contributed by atoms with E-state index >= 15 is 0 Å². The average molecular weight is 498 g/mol. The molecule has 8 nitrogen and oxygen atoms in total. The summed E-state index contributed by atoms with van der Waals surface area (Å²) in [4.78, 5) is 41.3. The molecule has 0 aliphatic heterocycles. The number of phenolic OH excluding ortho intramolecular Hbond substituents is 1. The number of aromatic hydroxyl groups is 1. The van der Waals surface area contributed by atoms with Gasteiger partial charge in [0.2, 0.25) is 11.8 Å². The summed E-state index contributed by atoms with van der Waals surface area (Å²) in [6.07, 6.45) is -0.310. The van der Waals surface area contributed by atoms with Crippen molar-refractivity contribution in [2.24, 2.45) is 5.92 Å². The first-order valence-electron chi connectivity index (χ1n) is 12.3. The number of carbonyl (C=O) groups excluding carboxylic acids is 3. The van der Waals surface area contributed by atoms with Crippen LogP contribution in [0, 0.1) is 5.92 Å². The first-order valence-corrected chi connectivity index (χ1v) is 12.3. The molecule has 0 radical (unpaired) electrons. The van der Waals surface area contributed by atoms with Crippen LogP contribution in [0.4, 0.5) is 4.79 Å². The number of nitrogens with one attached hydrogen (secondary N) is 2. The van der Waals surface area contributed by atoms with Crippen LogP contribution >= 0.6 is 0 Å². The van der Waals surface area contributed by atoms with Crippen LogP contribution in [0.3, 0.4) is 0 Å². The lowest BCUT2D eigenvalue weighted by molar-refractivity contribution is -0.142. The third-order valence-electron chi connectivity index (χ3n) is 5.40. The van der Waals surface area contributed by atoms with E-state index in [1.165, 1.54) is 17.0 Å². The van der Waals surface area contributed by atoms with E-state index < -0.39 is 23.8 Å². The molecule has 36 heavy (non-hydrogen) atoms. The zero-order valence-corrected chi connectivity index (χ0v) is 22.1. The second-order valence-electron chi connectivity index (χ2n) is 10.2. The predicted octanol–water partition coefficient (Wildman–Crippen LogP) is 4.54. The molecule has 2 aromatic carbocycles. The molecule has 0 aliphatic carbocycles. The molecule has 2 rings (SSSR count). The normalized spacial score (nSPS) is 13.0. The fourth-order valence-corrected chi connectivity index (χ4v) is 3.82. The van der Waals surface area contributed by atoms with Gasteiger partial charge in [0.05, 0.1) is 0 Å². The lowest BCUT2D eigenvalue weighted by Crippen LogP contribution is -2.53. The summed E-state index contributed by atoms with van der Waals surface area (Å²) >= 11 is 0. The van der Waals surface area contributed by atoms with Gasteiger partial charge in [-0.25, -0.2) is 4.79 Å². The quantitative estimate of drug-likeness (QED) is 0.447. The zero-order chi connectivity index (χ0) is 26.9. The highest BCUT2D eigenvalue weighted by atomic mass is 16.6. The maximum atomic E-state index is 13.8. The molecule has 0 aromatic heterocycles. The highest BCUT2D eigenvalue weighted by Gasteiger charge is 2.35. The van der Waals surface area contributed by atoms with Gasteiger partial charge in [-0.05, 0) is 63.3 Å². The number of rotatable bonds is 10. The largest absolute Gasteiger partial charge is 0.508 e. The second kappa shape index (κ2) is 13.0. The van der Waals surface area contributed by atoms with Gasteiger partial charge in [-0.15, -0.1) is 0 Å². The van der Waals surface area contributed by atoms with E-state index in [9.17, 15) is 19.5 Å². The van der Waals surface area contributed by atoms with Gasteiger partial charge in [-0.1, -0.05) is 56.3 Å². The number of phenols is 1. The topological polar surface area (TPSA) is 108 Å². The summed E-state index contributed by atoms with van der Waals surface area (Å²) < 4.78 is 5.38. The predicted molar refractivity (Wildman–Crippen MR) is 139 cm³/mol. The van der Waals surface area contributed by atoms with Gasteiger partial charge in [-0.3, -0.25) is 9.59 Å². The number of hydrogen-bond acceptors (Lipinski definition) is 5. The second-order valence-corrected chi connectivity index (χ2v) is 10.2. The van der Waals surface area contributed by atoms with E-state index in [1.807, 2.05) is 44.2 Å². The maximum absolute atomic E-state index is 13.8. The van der Waals surface area contributed by atoms with Crippen LogP contribution in [0.5, 0.6) is 5.75 Å². The van der Waals surface area contributed by atoms with Gasteiger partial charge < -0.3 is 25.4 Å². The minimum absolute atomic E-state index is 0.0563. The fraction of sp³-hybridized carbons (Fsp3) is 0.464. The molecule has 2 aromatic rings. The van der Waals surface area contributed by atoms with Gasteiger partial charge in [0, 0.05) is 13.1 Å². The SMILES string of the molecule is CCN(C(=O)C(CC(C)C)NC(=O)OC(C)(C)C)C(C(=O)NCc1ccccc1)c1ccc(O)cc1. The molecule has 3 N–H and O–H groups in total. The Morgan fingerprint density at radius 3 is 2.14 bits per heavy atom. The van der Waals surface area contributed by atoms with Crippen molar-refractivity contribution >= 4 is 17.9 Å². The Morgan fingerprint density at radius 2 is 1.61 bits per heavy atom. The summed E-state index contributed by atoms with van der Waals surface area (Å²) in [5.41, 5.74) is 0.759. The molecule has 0 heterocycles. The van der Waals surface area contributed by atoms with Gasteiger partial charge in [-0.2, -0.15) is 0 Å². The number of ether oxygens (including phenoxy) is 1. The number of carbonyl (C=O) groups is 3. The van der Waals surface area contributed by atoms with Gasteiger partial charge >= 0.3 is 6.09 Å². The highest BCUT2D eigenvalue weighted by molar-refractivity contribution is 5.92. The van der Waals surface area contributed by atoms with Crippen molar-refractivity contribution in [1.29, 1.82) is 0 Å². The Morgan fingerprint density at radius 1 is 1.00 bits per heavy atom. The van der Waals surface area contributed by atoms with Crippen molar-refractivity contribution in [1.82, 2.24) is 15.5 Å². The summed E-state index contributed by atoms with van der Waals surface area (Å²) in [7, 11) is 0. The zero-order valence-electron chi connectivity index (χ0n) is 22.1. The molecule has 0 aliphatic rings. The van der Waals surface area contributed by atoms with Crippen LogP contribution in [0.25, 0.3) is 0 Å². The van der Waals surface area contributed by atoms with E-state index in [0.29, 0.717) is 18.5 Å². The van der Waals surface area contributed by atoms with Gasteiger partial charge in [0.25, 0.3) is 0 Å². The van der Waals surface area contributed by atoms with Crippen LogP contribution in [0.15, 0.2) is 54.6 Å². The minimum Gasteiger partial charge on any atom is -0.508 e. The summed E-state index contributed by atoms with van der Waals surface area (Å²) in [6.45, 7) is 11.5. The molecule has 3 amide bonds. The summed E-state index contributed by atoms with van der Waals surface area (Å²) in [5, 5.41) is 15.4. The van der Waals surface area contributed by atoms with Gasteiger partial charge in [0.15, 0.2) is 0 Å². The molecule has 0 saturated carbocycles. The van der Waals surface area contributed by atoms with Crippen LogP contribution in [0.1, 0.15) is 65.1 Å². The lowest BCUT2D eigenvalue weighted by atomic mass is 9.99. The lowest BCUT2D eigenvalue weighted by Gasteiger charge is -2.34. The molecular weight excluding hydrogens is 458 g/mol. The van der Waals surface area contributed by atoms with Crippen molar-refractivity contribution in [3.63, 3.8) is 0 Å². The Bertz CT molecular complexity index is 1000. The van der Waals surface area contributed by atoms with E-state index in [1.54, 1.807) is 39.8 Å². The number of alkyl carbamates (subject to hydrolysis) is 1. The third-order valence-corrected chi connectivity index (χ3v) is 5.40.